The normalized spacial score (nSPS) is 13.8. The number of imide groups is 1. The summed E-state index contributed by atoms with van der Waals surface area (Å²) in [4.78, 5) is 38.4. The van der Waals surface area contributed by atoms with E-state index in [0.717, 1.165) is 4.90 Å². The van der Waals surface area contributed by atoms with Crippen LogP contribution in [0, 0.1) is 0 Å². The van der Waals surface area contributed by atoms with E-state index in [0.29, 0.717) is 22.6 Å². The highest BCUT2D eigenvalue weighted by atomic mass is 31.2. The first kappa shape index (κ1) is 25.2. The Labute approximate surface area is 208 Å². The third-order valence-corrected chi connectivity index (χ3v) is 7.37. The van der Waals surface area contributed by atoms with E-state index in [2.05, 4.69) is 5.32 Å². The Hall–Kier alpha value is -3.94. The van der Waals surface area contributed by atoms with Crippen LogP contribution in [0.5, 0.6) is 11.5 Å². The minimum Gasteiger partial charge on any atom is -0.415 e. The summed E-state index contributed by atoms with van der Waals surface area (Å²) in [5.74, 6) is -1.70. The Morgan fingerprint density at radius 1 is 0.833 bits per heavy atom. The molecule has 0 fully saturated rings. The summed E-state index contributed by atoms with van der Waals surface area (Å²) in [7, 11) is -3.90. The maximum atomic E-state index is 13.7. The average Bonchev–Trinajstić information content (AvgIpc) is 3.12. The first-order valence-electron chi connectivity index (χ1n) is 11.3. The number of para-hydroxylation sites is 2. The molecule has 0 unspecified atom stereocenters. The van der Waals surface area contributed by atoms with Crippen LogP contribution in [0.25, 0.3) is 0 Å². The SMILES string of the molecule is C[C@@H](NC(=O)COCCN1C(=O)c2ccccc2C1=O)P(=O)(Oc1ccccc1)Oc1ccccc1. The van der Waals surface area contributed by atoms with Gasteiger partial charge >= 0.3 is 7.60 Å². The highest BCUT2D eigenvalue weighted by Crippen LogP contribution is 2.51. The van der Waals surface area contributed by atoms with Gasteiger partial charge in [0.15, 0.2) is 5.78 Å². The Morgan fingerprint density at radius 3 is 1.81 bits per heavy atom. The number of benzene rings is 3. The van der Waals surface area contributed by atoms with Crippen LogP contribution < -0.4 is 14.4 Å². The minimum absolute atomic E-state index is 0.00189. The predicted molar refractivity (Wildman–Crippen MR) is 132 cm³/mol. The number of hydrogen-bond donors (Lipinski definition) is 1. The van der Waals surface area contributed by atoms with Crippen LogP contribution in [-0.2, 0) is 14.1 Å². The summed E-state index contributed by atoms with van der Waals surface area (Å²) in [6.45, 7) is 1.11. The van der Waals surface area contributed by atoms with E-state index in [1.807, 2.05) is 0 Å². The lowest BCUT2D eigenvalue weighted by Gasteiger charge is -2.25. The summed E-state index contributed by atoms with van der Waals surface area (Å²) in [5.41, 5.74) is 0.698. The number of fused-ring (bicyclic) bond motifs is 1. The van der Waals surface area contributed by atoms with Gasteiger partial charge in [-0.2, -0.15) is 0 Å². The molecule has 3 amide bonds. The molecular formula is C26H25N2O7P. The Balaban J connectivity index is 1.32. The van der Waals surface area contributed by atoms with Crippen LogP contribution in [0.4, 0.5) is 0 Å². The van der Waals surface area contributed by atoms with Gasteiger partial charge in [-0.25, -0.2) is 4.57 Å². The lowest BCUT2D eigenvalue weighted by atomic mass is 10.1. The number of hydrogen-bond acceptors (Lipinski definition) is 7. The molecule has 9 nitrogen and oxygen atoms in total. The van der Waals surface area contributed by atoms with Gasteiger partial charge in [-0.3, -0.25) is 19.3 Å². The number of carbonyl (C=O) groups excluding carboxylic acids is 3. The van der Waals surface area contributed by atoms with E-state index in [-0.39, 0.29) is 19.8 Å². The Morgan fingerprint density at radius 2 is 1.31 bits per heavy atom. The van der Waals surface area contributed by atoms with E-state index >= 15 is 0 Å². The van der Waals surface area contributed by atoms with E-state index in [9.17, 15) is 18.9 Å². The molecule has 1 N–H and O–H groups in total. The first-order chi connectivity index (χ1) is 17.4. The van der Waals surface area contributed by atoms with Crippen molar-refractivity contribution in [2.24, 2.45) is 0 Å². The fourth-order valence-electron chi connectivity index (χ4n) is 3.55. The van der Waals surface area contributed by atoms with Crippen LogP contribution in [-0.4, -0.2) is 48.2 Å². The smallest absolute Gasteiger partial charge is 0.415 e. The van der Waals surface area contributed by atoms with Crippen molar-refractivity contribution in [3.63, 3.8) is 0 Å². The van der Waals surface area contributed by atoms with E-state index in [4.69, 9.17) is 13.8 Å². The topological polar surface area (TPSA) is 111 Å². The zero-order chi connectivity index (χ0) is 25.5. The molecule has 0 aromatic heterocycles. The van der Waals surface area contributed by atoms with Crippen molar-refractivity contribution >= 4 is 25.3 Å². The molecule has 1 heterocycles. The van der Waals surface area contributed by atoms with Gasteiger partial charge in [0.25, 0.3) is 11.8 Å². The van der Waals surface area contributed by atoms with Gasteiger partial charge < -0.3 is 19.1 Å². The number of nitrogens with zero attached hydrogens (tertiary/aromatic N) is 1. The molecule has 0 radical (unpaired) electrons. The van der Waals surface area contributed by atoms with Crippen LogP contribution >= 0.6 is 7.60 Å². The molecule has 3 aromatic carbocycles. The third kappa shape index (κ3) is 5.82. The molecule has 1 aliphatic rings. The van der Waals surface area contributed by atoms with Crippen LogP contribution in [0.1, 0.15) is 27.6 Å². The summed E-state index contributed by atoms with van der Waals surface area (Å²) in [6.07, 6.45) is 0. The quantitative estimate of drug-likeness (QED) is 0.236. The third-order valence-electron chi connectivity index (χ3n) is 5.37. The summed E-state index contributed by atoms with van der Waals surface area (Å²) in [6, 6.07) is 23.6. The lowest BCUT2D eigenvalue weighted by Crippen LogP contribution is -2.38. The van der Waals surface area contributed by atoms with Crippen molar-refractivity contribution in [3.8, 4) is 11.5 Å². The number of nitrogens with one attached hydrogen (secondary N) is 1. The standard InChI is InChI=1S/C26H25N2O7P/c1-19(36(32,34-20-10-4-2-5-11-20)35-21-12-6-3-7-13-21)27-24(29)18-33-17-16-28-25(30)22-14-8-9-15-23(22)26(28)31/h2-15,19H,16-18H2,1H3,(H,27,29)/t19-/m0/s1. The van der Waals surface area contributed by atoms with Crippen LogP contribution in [0.15, 0.2) is 84.9 Å². The van der Waals surface area contributed by atoms with Gasteiger partial charge in [0, 0.05) is 0 Å². The number of ether oxygens (including phenoxy) is 1. The maximum Gasteiger partial charge on any atom is 0.452 e. The van der Waals surface area contributed by atoms with Gasteiger partial charge in [0.1, 0.15) is 18.1 Å². The van der Waals surface area contributed by atoms with Gasteiger partial charge in [0.05, 0.1) is 24.3 Å². The summed E-state index contributed by atoms with van der Waals surface area (Å²) in [5, 5.41) is 2.60. The minimum atomic E-state index is -3.90. The second-order valence-electron chi connectivity index (χ2n) is 7.95. The van der Waals surface area contributed by atoms with Crippen molar-refractivity contribution in [1.82, 2.24) is 10.2 Å². The molecule has 186 valence electrons. The summed E-state index contributed by atoms with van der Waals surface area (Å²) >= 11 is 0. The molecule has 0 aliphatic carbocycles. The molecular weight excluding hydrogens is 483 g/mol. The Kier molecular flexibility index (Phi) is 7.83. The van der Waals surface area contributed by atoms with Gasteiger partial charge in [-0.05, 0) is 43.3 Å². The van der Waals surface area contributed by atoms with Gasteiger partial charge in [-0.1, -0.05) is 48.5 Å². The molecule has 3 aromatic rings. The molecule has 0 bridgehead atoms. The highest BCUT2D eigenvalue weighted by Gasteiger charge is 2.38. The summed E-state index contributed by atoms with van der Waals surface area (Å²) < 4.78 is 30.5. The zero-order valence-corrected chi connectivity index (χ0v) is 20.4. The highest BCUT2D eigenvalue weighted by molar-refractivity contribution is 7.55. The van der Waals surface area contributed by atoms with Crippen molar-refractivity contribution in [1.29, 1.82) is 0 Å². The molecule has 0 spiro atoms. The van der Waals surface area contributed by atoms with Crippen molar-refractivity contribution in [3.05, 3.63) is 96.1 Å². The van der Waals surface area contributed by atoms with E-state index in [1.54, 1.807) is 84.9 Å². The maximum absolute atomic E-state index is 13.7. The molecule has 10 heteroatoms. The second kappa shape index (κ2) is 11.2. The van der Waals surface area contributed by atoms with Gasteiger partial charge in [0.2, 0.25) is 5.91 Å². The number of carbonyl (C=O) groups is 3. The molecule has 0 saturated heterocycles. The first-order valence-corrected chi connectivity index (χ1v) is 12.9. The zero-order valence-electron chi connectivity index (χ0n) is 19.5. The largest absolute Gasteiger partial charge is 0.452 e. The molecule has 36 heavy (non-hydrogen) atoms. The van der Waals surface area contributed by atoms with Crippen LogP contribution in [0.2, 0.25) is 0 Å². The Bertz CT molecular complexity index is 1200. The second-order valence-corrected chi connectivity index (χ2v) is 10.2. The molecule has 1 atom stereocenters. The predicted octanol–water partition coefficient (Wildman–Crippen LogP) is 4.11. The molecule has 4 rings (SSSR count). The van der Waals surface area contributed by atoms with Crippen LogP contribution in [0.3, 0.4) is 0 Å². The number of rotatable bonds is 11. The van der Waals surface area contributed by atoms with Crippen molar-refractivity contribution < 1.29 is 32.7 Å². The molecule has 1 aliphatic heterocycles. The average molecular weight is 508 g/mol. The van der Waals surface area contributed by atoms with E-state index in [1.165, 1.54) is 6.92 Å². The van der Waals surface area contributed by atoms with Gasteiger partial charge in [-0.15, -0.1) is 0 Å². The fraction of sp³-hybridized carbons (Fsp3) is 0.192. The lowest BCUT2D eigenvalue weighted by molar-refractivity contribution is -0.125. The van der Waals surface area contributed by atoms with Crippen molar-refractivity contribution in [2.75, 3.05) is 19.8 Å². The van der Waals surface area contributed by atoms with E-state index < -0.39 is 31.1 Å². The fourth-order valence-corrected chi connectivity index (χ4v) is 5.04. The molecule has 0 saturated carbocycles. The van der Waals surface area contributed by atoms with Crippen molar-refractivity contribution in [2.45, 2.75) is 12.7 Å². The number of amides is 3. The monoisotopic (exact) mass is 508 g/mol.